The van der Waals surface area contributed by atoms with E-state index in [4.69, 9.17) is 10.5 Å². The van der Waals surface area contributed by atoms with Gasteiger partial charge in [-0.3, -0.25) is 9.59 Å². The van der Waals surface area contributed by atoms with Gasteiger partial charge in [-0.15, -0.1) is 12.4 Å². The van der Waals surface area contributed by atoms with Gasteiger partial charge in [0.25, 0.3) is 5.91 Å². The Balaban J connectivity index is 0.00000261. The van der Waals surface area contributed by atoms with E-state index in [2.05, 4.69) is 0 Å². The van der Waals surface area contributed by atoms with Crippen molar-refractivity contribution in [2.75, 3.05) is 19.7 Å². The summed E-state index contributed by atoms with van der Waals surface area (Å²) in [5.41, 5.74) is 6.95. The first kappa shape index (κ1) is 20.9. The monoisotopic (exact) mass is 388 g/mol. The molecule has 27 heavy (non-hydrogen) atoms. The molecule has 0 saturated carbocycles. The third-order valence-electron chi connectivity index (χ3n) is 4.83. The molecule has 2 aromatic rings. The molecule has 5 nitrogen and oxygen atoms in total. The van der Waals surface area contributed by atoms with Crippen LogP contribution in [0.3, 0.4) is 0 Å². The van der Waals surface area contributed by atoms with E-state index in [1.165, 1.54) is 0 Å². The maximum absolute atomic E-state index is 12.4. The van der Waals surface area contributed by atoms with Crippen LogP contribution in [0.1, 0.15) is 29.3 Å². The number of amides is 1. The Morgan fingerprint density at radius 3 is 2.30 bits per heavy atom. The van der Waals surface area contributed by atoms with Gasteiger partial charge >= 0.3 is 0 Å². The molecule has 1 aliphatic heterocycles. The topological polar surface area (TPSA) is 72.6 Å². The van der Waals surface area contributed by atoms with Crippen LogP contribution >= 0.6 is 12.4 Å². The normalized spacial score (nSPS) is 18.7. The zero-order chi connectivity index (χ0) is 18.5. The number of hydrogen-bond donors (Lipinski definition) is 1. The molecule has 1 amide bonds. The summed E-state index contributed by atoms with van der Waals surface area (Å²) >= 11 is 0. The number of carbonyl (C=O) groups excluding carboxylic acids is 2. The molecule has 144 valence electrons. The second-order valence-electron chi connectivity index (χ2n) is 6.74. The van der Waals surface area contributed by atoms with Crippen molar-refractivity contribution in [3.05, 3.63) is 65.7 Å². The molecular formula is C21H25ClN2O3. The lowest BCUT2D eigenvalue weighted by molar-refractivity contribution is -0.134. The molecule has 0 radical (unpaired) electrons. The lowest BCUT2D eigenvalue weighted by atomic mass is 10.0. The van der Waals surface area contributed by atoms with Gasteiger partial charge in [-0.1, -0.05) is 30.3 Å². The van der Waals surface area contributed by atoms with Gasteiger partial charge in [-0.25, -0.2) is 0 Å². The summed E-state index contributed by atoms with van der Waals surface area (Å²) in [6.07, 6.45) is 0.943. The van der Waals surface area contributed by atoms with Crippen molar-refractivity contribution in [2.24, 2.45) is 11.7 Å². The highest BCUT2D eigenvalue weighted by atomic mass is 35.5. The lowest BCUT2D eigenvalue weighted by Crippen LogP contribution is -2.37. The van der Waals surface area contributed by atoms with E-state index in [-0.39, 0.29) is 36.7 Å². The van der Waals surface area contributed by atoms with E-state index < -0.39 is 0 Å². The molecule has 0 spiro atoms. The van der Waals surface area contributed by atoms with Crippen LogP contribution in [0.25, 0.3) is 0 Å². The van der Waals surface area contributed by atoms with E-state index in [1.54, 1.807) is 36.4 Å². The third kappa shape index (κ3) is 5.08. The average molecular weight is 389 g/mol. The second kappa shape index (κ2) is 9.53. The predicted octanol–water partition coefficient (Wildman–Crippen LogP) is 2.91. The van der Waals surface area contributed by atoms with Crippen molar-refractivity contribution in [1.29, 1.82) is 0 Å². The van der Waals surface area contributed by atoms with Crippen LogP contribution in [0, 0.1) is 5.92 Å². The van der Waals surface area contributed by atoms with Crippen LogP contribution in [0.2, 0.25) is 0 Å². The van der Waals surface area contributed by atoms with Crippen LogP contribution in [0.15, 0.2) is 54.6 Å². The zero-order valence-electron chi connectivity index (χ0n) is 15.3. The quantitative estimate of drug-likeness (QED) is 0.772. The number of halogens is 1. The minimum atomic E-state index is -0.0352. The molecule has 0 aromatic heterocycles. The van der Waals surface area contributed by atoms with Crippen molar-refractivity contribution < 1.29 is 14.3 Å². The largest absolute Gasteiger partial charge is 0.484 e. The highest BCUT2D eigenvalue weighted by Gasteiger charge is 2.31. The van der Waals surface area contributed by atoms with E-state index in [0.717, 1.165) is 6.42 Å². The molecular weight excluding hydrogens is 364 g/mol. The number of likely N-dealkylation sites (tertiary alicyclic amines) is 1. The van der Waals surface area contributed by atoms with Crippen molar-refractivity contribution >= 4 is 24.1 Å². The number of benzene rings is 2. The third-order valence-corrected chi connectivity index (χ3v) is 4.83. The Kier molecular flexibility index (Phi) is 7.39. The summed E-state index contributed by atoms with van der Waals surface area (Å²) in [6.45, 7) is 3.33. The minimum absolute atomic E-state index is 0. The minimum Gasteiger partial charge on any atom is -0.484 e. The van der Waals surface area contributed by atoms with Gasteiger partial charge in [0.15, 0.2) is 12.4 Å². The fraction of sp³-hybridized carbons (Fsp3) is 0.333. The summed E-state index contributed by atoms with van der Waals surface area (Å²) in [5, 5.41) is 0. The van der Waals surface area contributed by atoms with E-state index in [0.29, 0.717) is 35.9 Å². The van der Waals surface area contributed by atoms with Crippen LogP contribution in [-0.2, 0) is 4.79 Å². The second-order valence-corrected chi connectivity index (χ2v) is 6.74. The molecule has 2 N–H and O–H groups in total. The molecule has 2 unspecified atom stereocenters. The van der Waals surface area contributed by atoms with Crippen LogP contribution in [0.4, 0.5) is 0 Å². The summed E-state index contributed by atoms with van der Waals surface area (Å²) < 4.78 is 5.60. The van der Waals surface area contributed by atoms with Crippen molar-refractivity contribution in [1.82, 2.24) is 4.90 Å². The number of carbonyl (C=O) groups is 2. The fourth-order valence-corrected chi connectivity index (χ4v) is 3.35. The number of nitrogens with two attached hydrogens (primary N) is 1. The molecule has 2 aromatic carbocycles. The molecule has 6 heteroatoms. The molecule has 1 saturated heterocycles. The summed E-state index contributed by atoms with van der Waals surface area (Å²) in [6, 6.07) is 16.2. The van der Waals surface area contributed by atoms with Crippen molar-refractivity contribution in [3.63, 3.8) is 0 Å². The number of ketones is 1. The number of ether oxygens (including phenoxy) is 1. The molecule has 3 rings (SSSR count). The number of rotatable bonds is 6. The van der Waals surface area contributed by atoms with E-state index >= 15 is 0 Å². The Bertz CT molecular complexity index is 765. The van der Waals surface area contributed by atoms with Crippen molar-refractivity contribution in [2.45, 2.75) is 19.4 Å². The first-order valence-corrected chi connectivity index (χ1v) is 8.90. The molecule has 0 aliphatic carbocycles. The van der Waals surface area contributed by atoms with Crippen LogP contribution in [-0.4, -0.2) is 42.3 Å². The predicted molar refractivity (Wildman–Crippen MR) is 107 cm³/mol. The van der Waals surface area contributed by atoms with E-state index in [1.807, 2.05) is 30.0 Å². The van der Waals surface area contributed by atoms with Gasteiger partial charge in [0.05, 0.1) is 0 Å². The summed E-state index contributed by atoms with van der Waals surface area (Å²) in [5.74, 6) is 0.882. The van der Waals surface area contributed by atoms with Gasteiger partial charge in [0, 0.05) is 23.7 Å². The van der Waals surface area contributed by atoms with Gasteiger partial charge in [0.1, 0.15) is 5.75 Å². The Morgan fingerprint density at radius 1 is 1.07 bits per heavy atom. The Morgan fingerprint density at radius 2 is 1.70 bits per heavy atom. The first-order valence-electron chi connectivity index (χ1n) is 8.90. The summed E-state index contributed by atoms with van der Waals surface area (Å²) in [4.78, 5) is 26.6. The lowest BCUT2D eigenvalue weighted by Gasteiger charge is -2.21. The number of hydrogen-bond acceptors (Lipinski definition) is 4. The summed E-state index contributed by atoms with van der Waals surface area (Å²) in [7, 11) is 0. The Hall–Kier alpha value is -2.37. The van der Waals surface area contributed by atoms with Gasteiger partial charge in [0.2, 0.25) is 0 Å². The zero-order valence-corrected chi connectivity index (χ0v) is 16.2. The van der Waals surface area contributed by atoms with E-state index in [9.17, 15) is 9.59 Å². The molecule has 1 heterocycles. The number of nitrogens with zero attached hydrogens (tertiary/aromatic N) is 1. The highest BCUT2D eigenvalue weighted by Crippen LogP contribution is 2.22. The Labute approximate surface area is 165 Å². The van der Waals surface area contributed by atoms with Gasteiger partial charge in [-0.05, 0) is 50.1 Å². The molecule has 1 fully saturated rings. The maximum Gasteiger partial charge on any atom is 0.260 e. The van der Waals surface area contributed by atoms with Crippen LogP contribution < -0.4 is 10.5 Å². The average Bonchev–Trinajstić information content (AvgIpc) is 3.07. The SMILES string of the molecule is CC1CC(CN)CN1C(=O)COc1ccc(C(=O)c2ccccc2)cc1.Cl. The van der Waals surface area contributed by atoms with Gasteiger partial charge < -0.3 is 15.4 Å². The maximum atomic E-state index is 12.4. The van der Waals surface area contributed by atoms with Gasteiger partial charge in [-0.2, -0.15) is 0 Å². The first-order chi connectivity index (χ1) is 12.6. The fourth-order valence-electron chi connectivity index (χ4n) is 3.35. The van der Waals surface area contributed by atoms with Crippen LogP contribution in [0.5, 0.6) is 5.75 Å². The smallest absolute Gasteiger partial charge is 0.260 e. The standard InChI is InChI=1S/C21H24N2O3.ClH/c1-15-11-16(12-22)13-23(15)20(24)14-26-19-9-7-18(8-10-19)21(25)17-5-3-2-4-6-17;/h2-10,15-16H,11-14,22H2,1H3;1H. The molecule has 2 atom stereocenters. The molecule has 1 aliphatic rings. The highest BCUT2D eigenvalue weighted by molar-refractivity contribution is 6.08. The molecule has 0 bridgehead atoms. The van der Waals surface area contributed by atoms with Crippen molar-refractivity contribution in [3.8, 4) is 5.75 Å².